The van der Waals surface area contributed by atoms with Crippen molar-refractivity contribution in [2.75, 3.05) is 12.0 Å². The summed E-state index contributed by atoms with van der Waals surface area (Å²) in [4.78, 5) is 34.9. The molecule has 8 heteroatoms. The molecule has 3 heterocycles. The highest BCUT2D eigenvalue weighted by molar-refractivity contribution is 8.00. The molecule has 2 amide bonds. The van der Waals surface area contributed by atoms with Gasteiger partial charge in [-0.3, -0.25) is 9.59 Å². The number of imide groups is 1. The number of anilines is 1. The van der Waals surface area contributed by atoms with E-state index in [1.807, 2.05) is 42.6 Å². The number of nitrogens with zero attached hydrogens (tertiary/aromatic N) is 3. The van der Waals surface area contributed by atoms with Gasteiger partial charge in [0, 0.05) is 23.7 Å². The van der Waals surface area contributed by atoms with Crippen LogP contribution in [-0.4, -0.2) is 34.1 Å². The first-order chi connectivity index (χ1) is 16.1. The van der Waals surface area contributed by atoms with Crippen LogP contribution in [0.4, 0.5) is 5.69 Å². The maximum atomic E-state index is 13.2. The molecule has 1 aliphatic rings. The first-order valence-electron chi connectivity index (χ1n) is 10.2. The maximum Gasteiger partial charge on any atom is 0.247 e. The molecule has 1 aliphatic heterocycles. The van der Waals surface area contributed by atoms with Gasteiger partial charge in [-0.05, 0) is 47.9 Å². The lowest BCUT2D eigenvalue weighted by Crippen LogP contribution is -2.31. The van der Waals surface area contributed by atoms with Crippen LogP contribution in [0.5, 0.6) is 5.75 Å². The molecule has 0 saturated carbocycles. The molecule has 1 N–H and O–H groups in total. The van der Waals surface area contributed by atoms with E-state index in [9.17, 15) is 14.9 Å². The highest BCUT2D eigenvalue weighted by atomic mass is 32.2. The van der Waals surface area contributed by atoms with Crippen LogP contribution in [0.3, 0.4) is 0 Å². The van der Waals surface area contributed by atoms with Crippen LogP contribution in [0.1, 0.15) is 12.0 Å². The van der Waals surface area contributed by atoms with Gasteiger partial charge >= 0.3 is 0 Å². The highest BCUT2D eigenvalue weighted by Crippen LogP contribution is 2.37. The number of hydrogen-bond donors (Lipinski definition) is 1. The molecule has 1 atom stereocenters. The third-order valence-electron chi connectivity index (χ3n) is 5.52. The minimum absolute atomic E-state index is 0.0394. The smallest absolute Gasteiger partial charge is 0.247 e. The number of hydrogen-bond acceptors (Lipinski definition) is 6. The van der Waals surface area contributed by atoms with E-state index >= 15 is 0 Å². The molecular weight excluding hydrogens is 436 g/mol. The van der Waals surface area contributed by atoms with Crippen LogP contribution < -0.4 is 9.64 Å². The fourth-order valence-electron chi connectivity index (χ4n) is 3.90. The summed E-state index contributed by atoms with van der Waals surface area (Å²) in [6.45, 7) is 0. The van der Waals surface area contributed by atoms with Crippen LogP contribution in [0.25, 0.3) is 22.2 Å². The predicted molar refractivity (Wildman–Crippen MR) is 126 cm³/mol. The molecule has 0 bridgehead atoms. The Bertz CT molecular complexity index is 1440. The van der Waals surface area contributed by atoms with Crippen molar-refractivity contribution < 1.29 is 14.3 Å². The average Bonchev–Trinajstić information content (AvgIpc) is 3.42. The fourth-order valence-corrected chi connectivity index (χ4v) is 4.99. The number of nitriles is 1. The van der Waals surface area contributed by atoms with E-state index < -0.39 is 5.25 Å². The number of aromatic nitrogens is 2. The number of amides is 2. The number of fused-ring (bicyclic) bond motifs is 1. The number of carbonyl (C=O) groups excluding carboxylic acids is 2. The molecule has 162 valence electrons. The monoisotopic (exact) mass is 454 g/mol. The molecule has 2 aromatic carbocycles. The number of thioether (sulfide) groups is 1. The SMILES string of the molecule is COc1ccccc1-c1ccc(C#N)c(SC2CC(=O)N(c3ccc4cc[nH]c4c3)C2=O)n1. The van der Waals surface area contributed by atoms with Crippen molar-refractivity contribution in [2.45, 2.75) is 16.7 Å². The number of carbonyl (C=O) groups is 2. The Hall–Kier alpha value is -4.09. The Morgan fingerprint density at radius 3 is 2.82 bits per heavy atom. The van der Waals surface area contributed by atoms with Gasteiger partial charge in [0.15, 0.2) is 0 Å². The maximum absolute atomic E-state index is 13.2. The number of H-pyrrole nitrogens is 1. The number of aromatic amines is 1. The molecule has 0 spiro atoms. The van der Waals surface area contributed by atoms with E-state index in [-0.39, 0.29) is 18.2 Å². The number of methoxy groups -OCH3 is 1. The van der Waals surface area contributed by atoms with Crippen LogP contribution in [0.15, 0.2) is 71.9 Å². The van der Waals surface area contributed by atoms with Crippen molar-refractivity contribution in [2.24, 2.45) is 0 Å². The summed E-state index contributed by atoms with van der Waals surface area (Å²) < 4.78 is 5.43. The Kier molecular flexibility index (Phi) is 5.32. The minimum atomic E-state index is -0.663. The lowest BCUT2D eigenvalue weighted by molar-refractivity contribution is -0.121. The summed E-state index contributed by atoms with van der Waals surface area (Å²) in [7, 11) is 1.58. The predicted octanol–water partition coefficient (Wildman–Crippen LogP) is 4.53. The van der Waals surface area contributed by atoms with Crippen LogP contribution in [-0.2, 0) is 9.59 Å². The topological polar surface area (TPSA) is 99.1 Å². The van der Waals surface area contributed by atoms with Gasteiger partial charge in [0.05, 0.1) is 29.3 Å². The van der Waals surface area contributed by atoms with E-state index in [2.05, 4.69) is 16.0 Å². The number of pyridine rings is 1. The van der Waals surface area contributed by atoms with Gasteiger partial charge in [0.2, 0.25) is 11.8 Å². The number of para-hydroxylation sites is 1. The Balaban J connectivity index is 1.46. The normalized spacial score (nSPS) is 15.8. The van der Waals surface area contributed by atoms with E-state index in [0.29, 0.717) is 27.7 Å². The highest BCUT2D eigenvalue weighted by Gasteiger charge is 2.41. The molecular formula is C25H18N4O3S. The molecule has 1 saturated heterocycles. The van der Waals surface area contributed by atoms with E-state index in [0.717, 1.165) is 28.2 Å². The van der Waals surface area contributed by atoms with E-state index in [1.54, 1.807) is 31.4 Å². The second kappa shape index (κ2) is 8.45. The molecule has 1 unspecified atom stereocenters. The zero-order valence-corrected chi connectivity index (χ0v) is 18.4. The minimum Gasteiger partial charge on any atom is -0.496 e. The summed E-state index contributed by atoms with van der Waals surface area (Å²) >= 11 is 1.15. The van der Waals surface area contributed by atoms with Crippen LogP contribution in [0, 0.1) is 11.3 Å². The Labute approximate surface area is 194 Å². The van der Waals surface area contributed by atoms with Gasteiger partial charge in [-0.1, -0.05) is 30.0 Å². The number of benzene rings is 2. The van der Waals surface area contributed by atoms with Gasteiger partial charge < -0.3 is 9.72 Å². The summed E-state index contributed by atoms with van der Waals surface area (Å²) in [5.41, 5.74) is 3.13. The summed E-state index contributed by atoms with van der Waals surface area (Å²) in [5.74, 6) is 0.0655. The largest absolute Gasteiger partial charge is 0.496 e. The van der Waals surface area contributed by atoms with Crippen LogP contribution in [0.2, 0.25) is 0 Å². The van der Waals surface area contributed by atoms with Crippen LogP contribution >= 0.6 is 11.8 Å². The molecule has 1 fully saturated rings. The van der Waals surface area contributed by atoms with Crippen molar-refractivity contribution >= 4 is 40.2 Å². The summed E-state index contributed by atoms with van der Waals surface area (Å²) in [5, 5.41) is 10.3. The molecule has 7 nitrogen and oxygen atoms in total. The molecule has 5 rings (SSSR count). The molecule has 4 aromatic rings. The average molecular weight is 455 g/mol. The molecule has 0 radical (unpaired) electrons. The lowest BCUT2D eigenvalue weighted by atomic mass is 10.1. The Morgan fingerprint density at radius 2 is 2.00 bits per heavy atom. The van der Waals surface area contributed by atoms with Gasteiger partial charge in [-0.15, -0.1) is 0 Å². The third kappa shape index (κ3) is 3.73. The lowest BCUT2D eigenvalue weighted by Gasteiger charge is -2.15. The van der Waals surface area contributed by atoms with E-state index in [4.69, 9.17) is 4.74 Å². The van der Waals surface area contributed by atoms with Crippen molar-refractivity contribution in [1.82, 2.24) is 9.97 Å². The number of ether oxygens (including phenoxy) is 1. The second-order valence-electron chi connectivity index (χ2n) is 7.49. The first kappa shape index (κ1) is 20.8. The number of nitrogens with one attached hydrogen (secondary N) is 1. The summed E-state index contributed by atoms with van der Waals surface area (Å²) in [6, 6.07) is 20.4. The zero-order valence-electron chi connectivity index (χ0n) is 17.6. The van der Waals surface area contributed by atoms with E-state index in [1.165, 1.54) is 4.90 Å². The third-order valence-corrected chi connectivity index (χ3v) is 6.71. The second-order valence-corrected chi connectivity index (χ2v) is 8.68. The van der Waals surface area contributed by atoms with Crippen molar-refractivity contribution in [1.29, 1.82) is 5.26 Å². The molecule has 33 heavy (non-hydrogen) atoms. The van der Waals surface area contributed by atoms with Gasteiger partial charge in [-0.2, -0.15) is 5.26 Å². The van der Waals surface area contributed by atoms with Gasteiger partial charge in [0.1, 0.15) is 16.8 Å². The van der Waals surface area contributed by atoms with Crippen molar-refractivity contribution in [3.05, 3.63) is 72.4 Å². The fraction of sp³-hybridized carbons (Fsp3) is 0.120. The van der Waals surface area contributed by atoms with Gasteiger partial charge in [0.25, 0.3) is 0 Å². The van der Waals surface area contributed by atoms with Crippen molar-refractivity contribution in [3.63, 3.8) is 0 Å². The molecule has 0 aliphatic carbocycles. The van der Waals surface area contributed by atoms with Gasteiger partial charge in [-0.25, -0.2) is 9.88 Å². The quantitative estimate of drug-likeness (QED) is 0.445. The zero-order chi connectivity index (χ0) is 22.9. The van der Waals surface area contributed by atoms with Crippen molar-refractivity contribution in [3.8, 4) is 23.1 Å². The molecule has 2 aromatic heterocycles. The first-order valence-corrected chi connectivity index (χ1v) is 11.1. The standard InChI is InChI=1S/C25H18N4O3S/c1-32-21-5-3-2-4-18(21)19-9-7-16(14-26)24(28-19)33-22-13-23(30)29(25(22)31)17-8-6-15-10-11-27-20(15)12-17/h2-12,22,27H,13H2,1H3. The number of rotatable bonds is 5. The summed E-state index contributed by atoms with van der Waals surface area (Å²) in [6.07, 6.45) is 1.85. The Morgan fingerprint density at radius 1 is 1.15 bits per heavy atom.